The molecule has 0 saturated heterocycles. The normalized spacial score (nSPS) is 17.0. The molecule has 194 valence electrons. The molecule has 2 aliphatic rings. The maximum Gasteiger partial charge on any atom is 0.283 e. The Labute approximate surface area is 221 Å². The molecule has 2 aromatic carbocycles. The van der Waals surface area contributed by atoms with Gasteiger partial charge >= 0.3 is 0 Å². The number of carbonyl (C=O) groups is 1. The van der Waals surface area contributed by atoms with E-state index in [0.29, 0.717) is 41.4 Å². The van der Waals surface area contributed by atoms with Gasteiger partial charge in [0.25, 0.3) is 5.91 Å². The van der Waals surface area contributed by atoms with Gasteiger partial charge in [-0.15, -0.1) is 0 Å². The molecule has 0 radical (unpaired) electrons. The van der Waals surface area contributed by atoms with E-state index >= 15 is 0 Å². The van der Waals surface area contributed by atoms with Crippen LogP contribution < -0.4 is 14.2 Å². The highest BCUT2D eigenvalue weighted by Crippen LogP contribution is 2.33. The first-order valence-corrected chi connectivity index (χ1v) is 13.2. The minimum Gasteiger partial charge on any atom is -0.493 e. The Hall–Kier alpha value is -3.59. The summed E-state index contributed by atoms with van der Waals surface area (Å²) in [5.41, 5.74) is 2.16. The Morgan fingerprint density at radius 1 is 1.05 bits per heavy atom. The molecule has 0 spiro atoms. The number of aliphatic imine (C=N–C) groups is 1. The molecule has 37 heavy (non-hydrogen) atoms. The number of rotatable bonds is 10. The van der Waals surface area contributed by atoms with Crippen molar-refractivity contribution < 1.29 is 19.0 Å². The lowest BCUT2D eigenvalue weighted by Gasteiger charge is -2.20. The Balaban J connectivity index is 1.39. The van der Waals surface area contributed by atoms with Gasteiger partial charge < -0.3 is 14.2 Å². The highest BCUT2D eigenvalue weighted by molar-refractivity contribution is 8.27. The lowest BCUT2D eigenvalue weighted by molar-refractivity contribution is -0.114. The molecule has 0 aliphatic carbocycles. The number of methoxy groups -OCH3 is 1. The summed E-state index contributed by atoms with van der Waals surface area (Å²) in [6.07, 6.45) is 2.72. The molecular formula is C28H32N4O4S. The fourth-order valence-electron chi connectivity index (χ4n) is 3.74. The number of hydrogen-bond acceptors (Lipinski definition) is 7. The first kappa shape index (κ1) is 26.5. The average Bonchev–Trinajstić information content (AvgIpc) is 3.34. The number of thioether (sulfide) groups is 1. The standard InChI is InChI=1S/C28H32N4O4S/c1-6-18(4)20-8-10-21(11-9-20)35-13-14-36-23-12-7-19(16-24(23)34-5)15-22-25(29)32-28(30-26(22)33)37-27(31-32)17(2)3/h7-12,15-18,29H,6,13-14H2,1-5H3. The number of hydrogen-bond donors (Lipinski definition) is 1. The maximum absolute atomic E-state index is 12.7. The predicted molar refractivity (Wildman–Crippen MR) is 149 cm³/mol. The summed E-state index contributed by atoms with van der Waals surface area (Å²) in [5.74, 6) is 2.14. The zero-order chi connectivity index (χ0) is 26.5. The van der Waals surface area contributed by atoms with E-state index in [4.69, 9.17) is 19.6 Å². The quantitative estimate of drug-likeness (QED) is 0.308. The largest absolute Gasteiger partial charge is 0.493 e. The third-order valence-corrected chi connectivity index (χ3v) is 7.34. The van der Waals surface area contributed by atoms with E-state index in [9.17, 15) is 4.79 Å². The van der Waals surface area contributed by atoms with Gasteiger partial charge in [0.1, 0.15) is 24.0 Å². The summed E-state index contributed by atoms with van der Waals surface area (Å²) in [4.78, 5) is 16.8. The number of nitrogens with one attached hydrogen (secondary N) is 1. The molecule has 9 heteroatoms. The predicted octanol–water partition coefficient (Wildman–Crippen LogP) is 5.94. The van der Waals surface area contributed by atoms with Crippen LogP contribution in [0.5, 0.6) is 17.2 Å². The molecular weight excluding hydrogens is 488 g/mol. The van der Waals surface area contributed by atoms with Crippen molar-refractivity contribution in [2.24, 2.45) is 16.0 Å². The number of nitrogens with zero attached hydrogens (tertiary/aromatic N) is 3. The van der Waals surface area contributed by atoms with Crippen molar-refractivity contribution in [3.05, 3.63) is 59.2 Å². The monoisotopic (exact) mass is 520 g/mol. The molecule has 2 heterocycles. The van der Waals surface area contributed by atoms with Gasteiger partial charge in [-0.05, 0) is 65.6 Å². The fourth-order valence-corrected chi connectivity index (χ4v) is 4.63. The van der Waals surface area contributed by atoms with E-state index in [1.54, 1.807) is 31.4 Å². The number of benzene rings is 2. The first-order chi connectivity index (χ1) is 17.8. The minimum absolute atomic E-state index is 0.00627. The highest BCUT2D eigenvalue weighted by atomic mass is 32.2. The zero-order valence-electron chi connectivity index (χ0n) is 21.8. The van der Waals surface area contributed by atoms with Gasteiger partial charge in [-0.25, -0.2) is 0 Å². The molecule has 1 N–H and O–H groups in total. The lowest BCUT2D eigenvalue weighted by Crippen LogP contribution is -2.35. The fraction of sp³-hybridized carbons (Fsp3) is 0.357. The maximum atomic E-state index is 12.7. The van der Waals surface area contributed by atoms with Crippen molar-refractivity contribution in [1.29, 1.82) is 5.41 Å². The summed E-state index contributed by atoms with van der Waals surface area (Å²) >= 11 is 1.33. The number of ether oxygens (including phenoxy) is 3. The van der Waals surface area contributed by atoms with Crippen LogP contribution in [-0.2, 0) is 4.79 Å². The molecule has 2 aliphatic heterocycles. The molecule has 0 fully saturated rings. The van der Waals surface area contributed by atoms with E-state index in [1.165, 1.54) is 22.3 Å². The summed E-state index contributed by atoms with van der Waals surface area (Å²) in [7, 11) is 1.56. The molecule has 2 aromatic rings. The van der Waals surface area contributed by atoms with E-state index in [-0.39, 0.29) is 17.3 Å². The highest BCUT2D eigenvalue weighted by Gasteiger charge is 2.36. The van der Waals surface area contributed by atoms with Gasteiger partial charge in [-0.2, -0.15) is 15.1 Å². The van der Waals surface area contributed by atoms with Gasteiger partial charge in [0, 0.05) is 5.92 Å². The van der Waals surface area contributed by atoms with E-state index in [2.05, 4.69) is 36.1 Å². The molecule has 8 nitrogen and oxygen atoms in total. The van der Waals surface area contributed by atoms with Crippen LogP contribution in [0.2, 0.25) is 0 Å². The number of fused-ring (bicyclic) bond motifs is 1. The molecule has 1 atom stereocenters. The van der Waals surface area contributed by atoms with Crippen LogP contribution in [0.25, 0.3) is 6.08 Å². The van der Waals surface area contributed by atoms with Crippen LogP contribution in [0, 0.1) is 11.3 Å². The van der Waals surface area contributed by atoms with Crippen molar-refractivity contribution >= 4 is 39.8 Å². The lowest BCUT2D eigenvalue weighted by atomic mass is 9.99. The third-order valence-electron chi connectivity index (χ3n) is 6.13. The zero-order valence-corrected chi connectivity index (χ0v) is 22.6. The first-order valence-electron chi connectivity index (χ1n) is 12.3. The van der Waals surface area contributed by atoms with Crippen molar-refractivity contribution in [3.8, 4) is 17.2 Å². The van der Waals surface area contributed by atoms with Crippen LogP contribution in [0.15, 0.2) is 58.1 Å². The molecule has 0 saturated carbocycles. The number of carbonyl (C=O) groups excluding carboxylic acids is 1. The Morgan fingerprint density at radius 2 is 1.78 bits per heavy atom. The second-order valence-electron chi connectivity index (χ2n) is 9.10. The number of amidine groups is 2. The average molecular weight is 521 g/mol. The van der Waals surface area contributed by atoms with Crippen LogP contribution in [-0.4, -0.2) is 47.3 Å². The van der Waals surface area contributed by atoms with E-state index < -0.39 is 5.91 Å². The Kier molecular flexibility index (Phi) is 8.33. The van der Waals surface area contributed by atoms with Gasteiger partial charge in [0.05, 0.1) is 12.7 Å². The van der Waals surface area contributed by atoms with Gasteiger partial charge in [0.2, 0.25) is 5.17 Å². The molecule has 1 amide bonds. The SMILES string of the molecule is CCC(C)c1ccc(OCCOc2ccc(C=C3C(=N)N4N=C(C(C)C)SC4=NC3=O)cc2OC)cc1. The Bertz CT molecular complexity index is 1270. The number of hydrazone groups is 1. The summed E-state index contributed by atoms with van der Waals surface area (Å²) in [5, 5.41) is 15.6. The second kappa shape index (κ2) is 11.6. The van der Waals surface area contributed by atoms with Crippen LogP contribution in [0.3, 0.4) is 0 Å². The van der Waals surface area contributed by atoms with Crippen LogP contribution in [0.4, 0.5) is 0 Å². The number of amides is 1. The van der Waals surface area contributed by atoms with Gasteiger partial charge in [0.15, 0.2) is 17.3 Å². The second-order valence-corrected chi connectivity index (χ2v) is 10.1. The minimum atomic E-state index is -0.461. The van der Waals surface area contributed by atoms with Gasteiger partial charge in [-0.1, -0.05) is 45.9 Å². The van der Waals surface area contributed by atoms with Crippen molar-refractivity contribution in [2.45, 2.75) is 40.0 Å². The molecule has 1 unspecified atom stereocenters. The van der Waals surface area contributed by atoms with Crippen LogP contribution >= 0.6 is 11.8 Å². The van der Waals surface area contributed by atoms with E-state index in [1.807, 2.05) is 26.0 Å². The topological polar surface area (TPSA) is 96.6 Å². The van der Waals surface area contributed by atoms with E-state index in [0.717, 1.165) is 17.2 Å². The molecule has 0 bridgehead atoms. The van der Waals surface area contributed by atoms with Crippen molar-refractivity contribution in [2.75, 3.05) is 20.3 Å². The van der Waals surface area contributed by atoms with Gasteiger partial charge in [-0.3, -0.25) is 10.2 Å². The van der Waals surface area contributed by atoms with Crippen molar-refractivity contribution in [3.63, 3.8) is 0 Å². The van der Waals surface area contributed by atoms with Crippen molar-refractivity contribution in [1.82, 2.24) is 5.01 Å². The summed E-state index contributed by atoms with van der Waals surface area (Å²) in [6, 6.07) is 13.5. The third kappa shape index (κ3) is 6.05. The molecule has 0 aromatic heterocycles. The molecule has 4 rings (SSSR count). The smallest absolute Gasteiger partial charge is 0.283 e. The van der Waals surface area contributed by atoms with Crippen LogP contribution in [0.1, 0.15) is 51.2 Å². The summed E-state index contributed by atoms with van der Waals surface area (Å²) in [6.45, 7) is 9.14. The Morgan fingerprint density at radius 3 is 2.46 bits per heavy atom. The summed E-state index contributed by atoms with van der Waals surface area (Å²) < 4.78 is 17.2.